The zero-order valence-corrected chi connectivity index (χ0v) is 11.0. The van der Waals surface area contributed by atoms with E-state index in [1.807, 2.05) is 0 Å². The van der Waals surface area contributed by atoms with Crippen molar-refractivity contribution in [3.63, 3.8) is 0 Å². The van der Waals surface area contributed by atoms with Crippen LogP contribution in [-0.2, 0) is 9.53 Å². The third-order valence-electron chi connectivity index (χ3n) is 2.12. The van der Waals surface area contributed by atoms with Crippen molar-refractivity contribution >= 4 is 27.8 Å². The highest BCUT2D eigenvalue weighted by Gasteiger charge is 2.18. The Labute approximate surface area is 106 Å². The lowest BCUT2D eigenvalue weighted by Gasteiger charge is -2.16. The summed E-state index contributed by atoms with van der Waals surface area (Å²) in [5.41, 5.74) is 0.163. The van der Waals surface area contributed by atoms with Gasteiger partial charge in [0.15, 0.2) is 0 Å². The molecule has 0 atom stereocenters. The molecule has 0 heterocycles. The first kappa shape index (κ1) is 13.6. The largest absolute Gasteiger partial charge is 0.468 e. The predicted molar refractivity (Wildman–Crippen MR) is 63.1 cm³/mol. The fourth-order valence-electron chi connectivity index (χ4n) is 1.20. The minimum absolute atomic E-state index is 0.0849. The number of amides is 1. The molecule has 0 saturated carbocycles. The Morgan fingerprint density at radius 1 is 1.47 bits per heavy atom. The van der Waals surface area contributed by atoms with Crippen LogP contribution >= 0.6 is 15.9 Å². The average Bonchev–Trinajstić information content (AvgIpc) is 2.31. The van der Waals surface area contributed by atoms with Crippen LogP contribution in [0.4, 0.5) is 4.39 Å². The third kappa shape index (κ3) is 3.26. The van der Waals surface area contributed by atoms with Gasteiger partial charge < -0.3 is 9.64 Å². The standard InChI is InChI=1S/C11H11BrFNO3/c1-14(6-9(15)17-2)11(16)7-4-3-5-8(13)10(7)12/h3-5H,6H2,1-2H3. The van der Waals surface area contributed by atoms with Crippen molar-refractivity contribution in [2.75, 3.05) is 20.7 Å². The summed E-state index contributed by atoms with van der Waals surface area (Å²) in [7, 11) is 2.68. The summed E-state index contributed by atoms with van der Waals surface area (Å²) < 4.78 is 17.7. The zero-order valence-electron chi connectivity index (χ0n) is 9.37. The molecule has 1 rings (SSSR count). The highest BCUT2D eigenvalue weighted by Crippen LogP contribution is 2.21. The van der Waals surface area contributed by atoms with Crippen molar-refractivity contribution in [1.29, 1.82) is 0 Å². The molecule has 0 aromatic heterocycles. The highest BCUT2D eigenvalue weighted by atomic mass is 79.9. The summed E-state index contributed by atoms with van der Waals surface area (Å²) in [5, 5.41) is 0. The van der Waals surface area contributed by atoms with E-state index in [0.717, 1.165) is 4.90 Å². The number of hydrogen-bond donors (Lipinski definition) is 0. The molecule has 1 amide bonds. The van der Waals surface area contributed by atoms with Crippen LogP contribution in [-0.4, -0.2) is 37.5 Å². The molecule has 1 aromatic rings. The number of methoxy groups -OCH3 is 1. The number of rotatable bonds is 3. The maximum atomic E-state index is 13.2. The van der Waals surface area contributed by atoms with Gasteiger partial charge in [-0.3, -0.25) is 9.59 Å². The van der Waals surface area contributed by atoms with Crippen LogP contribution in [0, 0.1) is 5.82 Å². The number of ether oxygens (including phenoxy) is 1. The quantitative estimate of drug-likeness (QED) is 0.801. The Bertz CT molecular complexity index is 450. The fourth-order valence-corrected chi connectivity index (χ4v) is 1.64. The van der Waals surface area contributed by atoms with Gasteiger partial charge in [-0.2, -0.15) is 0 Å². The second kappa shape index (κ2) is 5.77. The second-order valence-electron chi connectivity index (χ2n) is 3.34. The lowest BCUT2D eigenvalue weighted by molar-refractivity contribution is -0.141. The van der Waals surface area contributed by atoms with Crippen LogP contribution in [0.15, 0.2) is 22.7 Å². The van der Waals surface area contributed by atoms with E-state index < -0.39 is 17.7 Å². The normalized spacial score (nSPS) is 9.88. The molecule has 0 saturated heterocycles. The molecule has 0 aliphatic heterocycles. The minimum atomic E-state index is -0.534. The van der Waals surface area contributed by atoms with Crippen molar-refractivity contribution < 1.29 is 18.7 Å². The van der Waals surface area contributed by atoms with Gasteiger partial charge in [0.2, 0.25) is 0 Å². The maximum absolute atomic E-state index is 13.2. The van der Waals surface area contributed by atoms with Crippen LogP contribution in [0.5, 0.6) is 0 Å². The highest BCUT2D eigenvalue weighted by molar-refractivity contribution is 9.10. The third-order valence-corrected chi connectivity index (χ3v) is 2.93. The van der Waals surface area contributed by atoms with Gasteiger partial charge in [-0.25, -0.2) is 4.39 Å². The van der Waals surface area contributed by atoms with E-state index in [9.17, 15) is 14.0 Å². The van der Waals surface area contributed by atoms with Crippen LogP contribution in [0.25, 0.3) is 0 Å². The van der Waals surface area contributed by atoms with Gasteiger partial charge in [0, 0.05) is 7.05 Å². The minimum Gasteiger partial charge on any atom is -0.468 e. The van der Waals surface area contributed by atoms with Crippen molar-refractivity contribution in [2.45, 2.75) is 0 Å². The second-order valence-corrected chi connectivity index (χ2v) is 4.13. The summed E-state index contributed by atoms with van der Waals surface area (Å²) >= 11 is 2.99. The summed E-state index contributed by atoms with van der Waals surface area (Å²) in [6, 6.07) is 4.14. The smallest absolute Gasteiger partial charge is 0.325 e. The van der Waals surface area contributed by atoms with Crippen molar-refractivity contribution in [3.8, 4) is 0 Å². The van der Waals surface area contributed by atoms with Gasteiger partial charge in [0.1, 0.15) is 12.4 Å². The van der Waals surface area contributed by atoms with E-state index in [1.54, 1.807) is 0 Å². The summed E-state index contributed by atoms with van der Waals surface area (Å²) in [6.45, 7) is -0.182. The number of nitrogens with zero attached hydrogens (tertiary/aromatic N) is 1. The fraction of sp³-hybridized carbons (Fsp3) is 0.273. The first-order valence-corrected chi connectivity index (χ1v) is 5.53. The zero-order chi connectivity index (χ0) is 13.0. The molecule has 0 bridgehead atoms. The predicted octanol–water partition coefficient (Wildman–Crippen LogP) is 1.83. The Hall–Kier alpha value is -1.43. The first-order chi connectivity index (χ1) is 7.97. The van der Waals surface area contributed by atoms with Crippen LogP contribution in [0.1, 0.15) is 10.4 Å². The van der Waals surface area contributed by atoms with E-state index >= 15 is 0 Å². The van der Waals surface area contributed by atoms with Gasteiger partial charge in [-0.05, 0) is 28.1 Å². The van der Waals surface area contributed by atoms with Crippen molar-refractivity contribution in [3.05, 3.63) is 34.1 Å². The van der Waals surface area contributed by atoms with Crippen LogP contribution < -0.4 is 0 Å². The summed E-state index contributed by atoms with van der Waals surface area (Å²) in [5.74, 6) is -1.52. The van der Waals surface area contributed by atoms with E-state index in [4.69, 9.17) is 0 Å². The number of carbonyl (C=O) groups is 2. The SMILES string of the molecule is COC(=O)CN(C)C(=O)c1cccc(F)c1Br. The molecule has 4 nitrogen and oxygen atoms in total. The first-order valence-electron chi connectivity index (χ1n) is 4.73. The number of esters is 1. The number of carbonyl (C=O) groups excluding carboxylic acids is 2. The molecule has 92 valence electrons. The maximum Gasteiger partial charge on any atom is 0.325 e. The Morgan fingerprint density at radius 3 is 2.71 bits per heavy atom. The van der Waals surface area contributed by atoms with E-state index in [0.29, 0.717) is 0 Å². The number of benzene rings is 1. The molecule has 17 heavy (non-hydrogen) atoms. The van der Waals surface area contributed by atoms with Crippen molar-refractivity contribution in [2.24, 2.45) is 0 Å². The van der Waals surface area contributed by atoms with E-state index in [-0.39, 0.29) is 16.6 Å². The monoisotopic (exact) mass is 303 g/mol. The average molecular weight is 304 g/mol. The summed E-state index contributed by atoms with van der Waals surface area (Å²) in [4.78, 5) is 24.1. The van der Waals surface area contributed by atoms with Crippen LogP contribution in [0.3, 0.4) is 0 Å². The molecular formula is C11H11BrFNO3. The molecule has 0 spiro atoms. The summed E-state index contributed by atoms with van der Waals surface area (Å²) in [6.07, 6.45) is 0. The van der Waals surface area contributed by atoms with E-state index in [2.05, 4.69) is 20.7 Å². The Kier molecular flexibility index (Phi) is 4.62. The Balaban J connectivity index is 2.89. The van der Waals surface area contributed by atoms with Gasteiger partial charge in [-0.15, -0.1) is 0 Å². The molecule has 0 radical (unpaired) electrons. The van der Waals surface area contributed by atoms with Crippen LogP contribution in [0.2, 0.25) is 0 Å². The molecule has 1 aromatic carbocycles. The molecule has 0 aliphatic rings. The van der Waals surface area contributed by atoms with Gasteiger partial charge in [0.25, 0.3) is 5.91 Å². The molecular weight excluding hydrogens is 293 g/mol. The lowest BCUT2D eigenvalue weighted by atomic mass is 10.2. The molecule has 0 unspecified atom stereocenters. The number of likely N-dealkylation sites (N-methyl/N-ethyl adjacent to an activating group) is 1. The number of hydrogen-bond acceptors (Lipinski definition) is 3. The van der Waals surface area contributed by atoms with Crippen molar-refractivity contribution in [1.82, 2.24) is 4.90 Å². The molecule has 6 heteroatoms. The molecule has 0 fully saturated rings. The van der Waals surface area contributed by atoms with E-state index in [1.165, 1.54) is 32.4 Å². The van der Waals surface area contributed by atoms with Gasteiger partial charge in [-0.1, -0.05) is 6.07 Å². The molecule has 0 N–H and O–H groups in total. The Morgan fingerprint density at radius 2 is 2.12 bits per heavy atom. The van der Waals surface area contributed by atoms with Gasteiger partial charge >= 0.3 is 5.97 Å². The number of halogens is 2. The lowest BCUT2D eigenvalue weighted by Crippen LogP contribution is -2.32. The van der Waals surface area contributed by atoms with Gasteiger partial charge in [0.05, 0.1) is 17.1 Å². The topological polar surface area (TPSA) is 46.6 Å². The molecule has 0 aliphatic carbocycles.